The van der Waals surface area contributed by atoms with Crippen LogP contribution in [0.3, 0.4) is 0 Å². The van der Waals surface area contributed by atoms with Crippen molar-refractivity contribution in [3.8, 4) is 5.75 Å². The first-order valence-corrected chi connectivity index (χ1v) is 6.66. The minimum atomic E-state index is -0.554. The molecule has 0 aliphatic carbocycles. The quantitative estimate of drug-likeness (QED) is 0.864. The monoisotopic (exact) mass is 286 g/mol. The molecule has 4 nitrogen and oxygen atoms in total. The van der Waals surface area contributed by atoms with Crippen molar-refractivity contribution in [3.63, 3.8) is 0 Å². The predicted molar refractivity (Wildman–Crippen MR) is 78.5 cm³/mol. The van der Waals surface area contributed by atoms with Crippen LogP contribution >= 0.6 is 0 Å². The molecule has 0 radical (unpaired) electrons. The topological polar surface area (TPSA) is 55.6 Å². The fourth-order valence-electron chi connectivity index (χ4n) is 2.36. The molecule has 1 aliphatic rings. The average Bonchev–Trinajstić information content (AvgIpc) is 2.47. The Morgan fingerprint density at radius 3 is 2.67 bits per heavy atom. The molecule has 1 heterocycles. The van der Waals surface area contributed by atoms with Gasteiger partial charge in [-0.1, -0.05) is 12.1 Å². The van der Waals surface area contributed by atoms with Gasteiger partial charge in [0.15, 0.2) is 6.10 Å². The van der Waals surface area contributed by atoms with Crippen molar-refractivity contribution < 1.29 is 13.9 Å². The summed E-state index contributed by atoms with van der Waals surface area (Å²) in [6.07, 6.45) is -0.554. The molecule has 21 heavy (non-hydrogen) atoms. The van der Waals surface area contributed by atoms with E-state index >= 15 is 0 Å². The van der Waals surface area contributed by atoms with E-state index < -0.39 is 6.10 Å². The number of halogens is 1. The molecule has 0 bridgehead atoms. The van der Waals surface area contributed by atoms with E-state index in [4.69, 9.17) is 10.5 Å². The fraction of sp³-hybridized carbons (Fsp3) is 0.188. The van der Waals surface area contributed by atoms with Gasteiger partial charge >= 0.3 is 0 Å². The summed E-state index contributed by atoms with van der Waals surface area (Å²) in [4.78, 5) is 14.0. The van der Waals surface area contributed by atoms with E-state index in [2.05, 4.69) is 0 Å². The summed E-state index contributed by atoms with van der Waals surface area (Å²) in [5.74, 6) is 0.181. The zero-order valence-corrected chi connectivity index (χ0v) is 11.5. The molecule has 1 amide bonds. The van der Waals surface area contributed by atoms with Gasteiger partial charge in [0, 0.05) is 5.69 Å². The Bertz CT molecular complexity index is 685. The van der Waals surface area contributed by atoms with Crippen molar-refractivity contribution >= 4 is 17.3 Å². The number of carbonyl (C=O) groups excluding carboxylic acids is 1. The van der Waals surface area contributed by atoms with Gasteiger partial charge in [0.1, 0.15) is 11.6 Å². The number of hydrogen-bond acceptors (Lipinski definition) is 3. The average molecular weight is 286 g/mol. The highest BCUT2D eigenvalue weighted by molar-refractivity contribution is 6.00. The Kier molecular flexibility index (Phi) is 3.25. The van der Waals surface area contributed by atoms with Crippen molar-refractivity contribution in [3.05, 3.63) is 53.8 Å². The molecule has 5 heteroatoms. The van der Waals surface area contributed by atoms with Gasteiger partial charge in [0.25, 0.3) is 5.91 Å². The van der Waals surface area contributed by atoms with Crippen LogP contribution in [0.5, 0.6) is 5.75 Å². The Morgan fingerprint density at radius 1 is 1.24 bits per heavy atom. The van der Waals surface area contributed by atoms with Gasteiger partial charge in [0.2, 0.25) is 0 Å². The third kappa shape index (κ3) is 2.54. The smallest absolute Gasteiger partial charge is 0.268 e. The van der Waals surface area contributed by atoms with Crippen LogP contribution in [0.25, 0.3) is 0 Å². The van der Waals surface area contributed by atoms with E-state index in [0.717, 1.165) is 5.56 Å². The number of benzene rings is 2. The van der Waals surface area contributed by atoms with Crippen LogP contribution in [0.4, 0.5) is 15.8 Å². The van der Waals surface area contributed by atoms with E-state index in [-0.39, 0.29) is 11.7 Å². The van der Waals surface area contributed by atoms with Crippen LogP contribution in [0, 0.1) is 5.82 Å². The minimum absolute atomic E-state index is 0.141. The standard InChI is InChI=1S/C16H15FN2O2/c1-10-16(20)19(9-11-2-4-12(17)5-3-11)14-8-13(18)6-7-15(14)21-10/h2-8,10H,9,18H2,1H3/t10-/m0/s1. The van der Waals surface area contributed by atoms with Crippen LogP contribution in [0.1, 0.15) is 12.5 Å². The van der Waals surface area contributed by atoms with Gasteiger partial charge in [0.05, 0.1) is 12.2 Å². The first kappa shape index (κ1) is 13.4. The van der Waals surface area contributed by atoms with Crippen molar-refractivity contribution in [2.24, 2.45) is 0 Å². The Balaban J connectivity index is 1.98. The Labute approximate surface area is 121 Å². The normalized spacial score (nSPS) is 17.3. The van der Waals surface area contributed by atoms with Crippen LogP contribution in [-0.2, 0) is 11.3 Å². The minimum Gasteiger partial charge on any atom is -0.479 e. The van der Waals surface area contributed by atoms with Gasteiger partial charge in [-0.2, -0.15) is 0 Å². The van der Waals surface area contributed by atoms with E-state index in [0.29, 0.717) is 23.7 Å². The van der Waals surface area contributed by atoms with Crippen LogP contribution in [-0.4, -0.2) is 12.0 Å². The molecule has 2 aromatic carbocycles. The molecule has 108 valence electrons. The third-order valence-electron chi connectivity index (χ3n) is 3.45. The lowest BCUT2D eigenvalue weighted by Gasteiger charge is -2.33. The maximum absolute atomic E-state index is 13.0. The molecule has 0 saturated heterocycles. The lowest BCUT2D eigenvalue weighted by molar-refractivity contribution is -0.125. The molecular weight excluding hydrogens is 271 g/mol. The van der Waals surface area contributed by atoms with E-state index in [1.807, 2.05) is 0 Å². The van der Waals surface area contributed by atoms with Crippen molar-refractivity contribution in [1.82, 2.24) is 0 Å². The molecule has 0 unspecified atom stereocenters. The molecule has 0 saturated carbocycles. The summed E-state index contributed by atoms with van der Waals surface area (Å²) >= 11 is 0. The van der Waals surface area contributed by atoms with E-state index in [9.17, 15) is 9.18 Å². The molecule has 2 N–H and O–H groups in total. The molecule has 1 atom stereocenters. The summed E-state index contributed by atoms with van der Waals surface area (Å²) in [6.45, 7) is 2.06. The number of ether oxygens (including phenoxy) is 1. The first-order valence-electron chi connectivity index (χ1n) is 6.66. The fourth-order valence-corrected chi connectivity index (χ4v) is 2.36. The summed E-state index contributed by atoms with van der Waals surface area (Å²) in [5, 5.41) is 0. The predicted octanol–water partition coefficient (Wildman–Crippen LogP) is 2.72. The number of nitrogen functional groups attached to an aromatic ring is 1. The molecule has 1 aliphatic heterocycles. The van der Waals surface area contributed by atoms with E-state index in [1.165, 1.54) is 12.1 Å². The van der Waals surface area contributed by atoms with Gasteiger partial charge < -0.3 is 15.4 Å². The number of anilines is 2. The van der Waals surface area contributed by atoms with Gasteiger partial charge in [-0.25, -0.2) is 4.39 Å². The molecule has 2 aromatic rings. The summed E-state index contributed by atoms with van der Waals surface area (Å²) in [6, 6.07) is 11.3. The lowest BCUT2D eigenvalue weighted by Crippen LogP contribution is -2.44. The number of amides is 1. The number of nitrogens with two attached hydrogens (primary N) is 1. The van der Waals surface area contributed by atoms with Crippen LogP contribution in [0.15, 0.2) is 42.5 Å². The second-order valence-corrected chi connectivity index (χ2v) is 5.04. The molecule has 0 fully saturated rings. The maximum atomic E-state index is 13.0. The lowest BCUT2D eigenvalue weighted by atomic mass is 10.1. The van der Waals surface area contributed by atoms with Gasteiger partial charge in [-0.3, -0.25) is 4.79 Å². The van der Waals surface area contributed by atoms with Gasteiger partial charge in [-0.15, -0.1) is 0 Å². The second kappa shape index (κ2) is 5.09. The molecule has 3 rings (SSSR count). The number of nitrogens with zero attached hydrogens (tertiary/aromatic N) is 1. The van der Waals surface area contributed by atoms with Crippen molar-refractivity contribution in [1.29, 1.82) is 0 Å². The molecule has 0 spiro atoms. The second-order valence-electron chi connectivity index (χ2n) is 5.04. The number of hydrogen-bond donors (Lipinski definition) is 1. The number of carbonyl (C=O) groups is 1. The summed E-state index contributed by atoms with van der Waals surface area (Å²) < 4.78 is 18.6. The zero-order valence-electron chi connectivity index (χ0n) is 11.5. The summed E-state index contributed by atoms with van der Waals surface area (Å²) in [5.41, 5.74) is 7.83. The number of fused-ring (bicyclic) bond motifs is 1. The highest BCUT2D eigenvalue weighted by Crippen LogP contribution is 2.36. The van der Waals surface area contributed by atoms with Crippen molar-refractivity contribution in [2.45, 2.75) is 19.6 Å². The highest BCUT2D eigenvalue weighted by atomic mass is 19.1. The first-order chi connectivity index (χ1) is 10.0. The van der Waals surface area contributed by atoms with Crippen LogP contribution < -0.4 is 15.4 Å². The Hall–Kier alpha value is -2.56. The number of rotatable bonds is 2. The third-order valence-corrected chi connectivity index (χ3v) is 3.45. The largest absolute Gasteiger partial charge is 0.479 e. The zero-order chi connectivity index (χ0) is 15.0. The highest BCUT2D eigenvalue weighted by Gasteiger charge is 2.31. The Morgan fingerprint density at radius 2 is 1.95 bits per heavy atom. The van der Waals surface area contributed by atoms with Gasteiger partial charge in [-0.05, 0) is 42.8 Å². The van der Waals surface area contributed by atoms with Crippen molar-refractivity contribution in [2.75, 3.05) is 10.6 Å². The molecule has 0 aromatic heterocycles. The molecular formula is C16H15FN2O2. The SMILES string of the molecule is C[C@@H]1Oc2ccc(N)cc2N(Cc2ccc(F)cc2)C1=O. The summed E-state index contributed by atoms with van der Waals surface area (Å²) in [7, 11) is 0. The maximum Gasteiger partial charge on any atom is 0.268 e. The van der Waals surface area contributed by atoms with Crippen LogP contribution in [0.2, 0.25) is 0 Å². The van der Waals surface area contributed by atoms with E-state index in [1.54, 1.807) is 42.2 Å².